The van der Waals surface area contributed by atoms with Crippen molar-refractivity contribution in [2.45, 2.75) is 38.8 Å². The normalized spacial score (nSPS) is 17.4. The van der Waals surface area contributed by atoms with Crippen molar-refractivity contribution in [3.8, 4) is 0 Å². The zero-order valence-corrected chi connectivity index (χ0v) is 14.1. The molecule has 1 fully saturated rings. The number of carbonyl (C=O) groups excluding carboxylic acids is 1. The molecule has 6 nitrogen and oxygen atoms in total. The summed E-state index contributed by atoms with van der Waals surface area (Å²) in [4.78, 5) is 14.3. The Morgan fingerprint density at radius 1 is 1.48 bits per heavy atom. The van der Waals surface area contributed by atoms with Gasteiger partial charge in [0.25, 0.3) is 0 Å². The first kappa shape index (κ1) is 16.1. The molecule has 0 saturated carbocycles. The van der Waals surface area contributed by atoms with E-state index in [9.17, 15) is 9.90 Å². The first-order chi connectivity index (χ1) is 11.1. The monoisotopic (exact) mass is 334 g/mol. The van der Waals surface area contributed by atoms with Crippen LogP contribution in [0, 0.1) is 5.92 Å². The number of thiophene rings is 1. The van der Waals surface area contributed by atoms with Gasteiger partial charge in [0.15, 0.2) is 0 Å². The molecule has 23 heavy (non-hydrogen) atoms. The van der Waals surface area contributed by atoms with E-state index in [1.54, 1.807) is 29.1 Å². The predicted molar refractivity (Wildman–Crippen MR) is 88.0 cm³/mol. The number of hydrogen-bond acceptors (Lipinski definition) is 5. The van der Waals surface area contributed by atoms with Gasteiger partial charge in [0.2, 0.25) is 5.91 Å². The second kappa shape index (κ2) is 7.23. The third-order valence-corrected chi connectivity index (χ3v) is 5.06. The number of aliphatic hydroxyl groups is 1. The van der Waals surface area contributed by atoms with Crippen LogP contribution in [0.5, 0.6) is 0 Å². The van der Waals surface area contributed by atoms with Crippen LogP contribution in [0.2, 0.25) is 0 Å². The molecule has 0 aliphatic carbocycles. The van der Waals surface area contributed by atoms with E-state index < -0.39 is 6.10 Å². The molecule has 3 heterocycles. The van der Waals surface area contributed by atoms with Gasteiger partial charge < -0.3 is 10.0 Å². The highest BCUT2D eigenvalue weighted by molar-refractivity contribution is 7.07. The van der Waals surface area contributed by atoms with Crippen LogP contribution >= 0.6 is 11.3 Å². The molecule has 1 aliphatic rings. The lowest BCUT2D eigenvalue weighted by molar-refractivity contribution is -0.131. The lowest BCUT2D eigenvalue weighted by Crippen LogP contribution is -2.40. The quantitative estimate of drug-likeness (QED) is 0.906. The minimum Gasteiger partial charge on any atom is -0.387 e. The molecule has 1 amide bonds. The molecule has 1 atom stereocenters. The molecule has 1 aliphatic heterocycles. The number of aromatic nitrogens is 3. The molecular weight excluding hydrogens is 312 g/mol. The van der Waals surface area contributed by atoms with E-state index in [-0.39, 0.29) is 5.91 Å². The smallest absolute Gasteiger partial charge is 0.227 e. The highest BCUT2D eigenvalue weighted by Crippen LogP contribution is 2.20. The predicted octanol–water partition coefficient (Wildman–Crippen LogP) is 1.87. The molecule has 7 heteroatoms. The second-order valence-electron chi connectivity index (χ2n) is 6.17. The Hall–Kier alpha value is -1.73. The van der Waals surface area contributed by atoms with Crippen LogP contribution in [0.1, 0.15) is 37.1 Å². The van der Waals surface area contributed by atoms with Crippen molar-refractivity contribution in [1.82, 2.24) is 19.9 Å². The summed E-state index contributed by atoms with van der Waals surface area (Å²) in [6, 6.07) is 2.01. The third-order valence-electron chi connectivity index (χ3n) is 4.33. The van der Waals surface area contributed by atoms with E-state index in [0.29, 0.717) is 18.0 Å². The van der Waals surface area contributed by atoms with Crippen molar-refractivity contribution in [2.75, 3.05) is 13.1 Å². The summed E-state index contributed by atoms with van der Waals surface area (Å²) in [5, 5.41) is 21.6. The summed E-state index contributed by atoms with van der Waals surface area (Å²) in [5.41, 5.74) is 1.71. The number of rotatable bonds is 5. The SMILES string of the molecule is CC(O)c1cn(CC2CCN(C(=O)Cc3ccsc3)CC2)nn1. The van der Waals surface area contributed by atoms with Crippen molar-refractivity contribution < 1.29 is 9.90 Å². The molecule has 1 N–H and O–H groups in total. The van der Waals surface area contributed by atoms with Gasteiger partial charge in [-0.05, 0) is 48.1 Å². The molecule has 0 aromatic carbocycles. The maximum absolute atomic E-state index is 12.3. The Bertz CT molecular complexity index is 630. The van der Waals surface area contributed by atoms with Crippen LogP contribution in [0.4, 0.5) is 0 Å². The maximum atomic E-state index is 12.3. The lowest BCUT2D eigenvalue weighted by atomic mass is 9.96. The standard InChI is InChI=1S/C16H22N4O2S/c1-12(21)15-10-20(18-17-15)9-13-2-5-19(6-3-13)16(22)8-14-4-7-23-11-14/h4,7,10-13,21H,2-3,5-6,8-9H2,1H3. The molecule has 2 aromatic rings. The van der Waals surface area contributed by atoms with Gasteiger partial charge in [-0.1, -0.05) is 5.21 Å². The van der Waals surface area contributed by atoms with E-state index in [0.717, 1.165) is 38.0 Å². The molecular formula is C16H22N4O2S. The summed E-state index contributed by atoms with van der Waals surface area (Å²) < 4.78 is 1.80. The number of amides is 1. The Labute approximate surface area is 139 Å². The summed E-state index contributed by atoms with van der Waals surface area (Å²) in [6.07, 6.45) is 3.70. The Morgan fingerprint density at radius 3 is 2.87 bits per heavy atom. The van der Waals surface area contributed by atoms with Gasteiger partial charge in [0.05, 0.1) is 18.7 Å². The molecule has 1 saturated heterocycles. The van der Waals surface area contributed by atoms with Crippen LogP contribution in [0.15, 0.2) is 23.0 Å². The minimum atomic E-state index is -0.583. The summed E-state index contributed by atoms with van der Waals surface area (Å²) in [5.74, 6) is 0.725. The zero-order chi connectivity index (χ0) is 16.2. The molecule has 124 valence electrons. The fraction of sp³-hybridized carbons (Fsp3) is 0.562. The second-order valence-corrected chi connectivity index (χ2v) is 6.95. The largest absolute Gasteiger partial charge is 0.387 e. The van der Waals surface area contributed by atoms with Crippen LogP contribution in [0.25, 0.3) is 0 Å². The highest BCUT2D eigenvalue weighted by Gasteiger charge is 2.23. The van der Waals surface area contributed by atoms with Gasteiger partial charge in [-0.2, -0.15) is 11.3 Å². The van der Waals surface area contributed by atoms with Gasteiger partial charge in [-0.15, -0.1) is 5.10 Å². The van der Waals surface area contributed by atoms with Gasteiger partial charge in [-0.3, -0.25) is 9.48 Å². The van der Waals surface area contributed by atoms with E-state index in [1.165, 1.54) is 0 Å². The van der Waals surface area contributed by atoms with Crippen molar-refractivity contribution in [3.05, 3.63) is 34.3 Å². The third kappa shape index (κ3) is 4.17. The Balaban J connectivity index is 1.47. The van der Waals surface area contributed by atoms with Crippen molar-refractivity contribution in [1.29, 1.82) is 0 Å². The molecule has 3 rings (SSSR count). The fourth-order valence-electron chi connectivity index (χ4n) is 2.90. The summed E-state index contributed by atoms with van der Waals surface area (Å²) >= 11 is 1.63. The van der Waals surface area contributed by atoms with Gasteiger partial charge in [-0.25, -0.2) is 0 Å². The van der Waals surface area contributed by atoms with E-state index in [2.05, 4.69) is 10.3 Å². The van der Waals surface area contributed by atoms with E-state index in [4.69, 9.17) is 0 Å². The zero-order valence-electron chi connectivity index (χ0n) is 13.3. The Morgan fingerprint density at radius 2 is 2.26 bits per heavy atom. The van der Waals surface area contributed by atoms with Gasteiger partial charge in [0.1, 0.15) is 5.69 Å². The number of aliphatic hydroxyl groups excluding tert-OH is 1. The lowest BCUT2D eigenvalue weighted by Gasteiger charge is -2.32. The summed E-state index contributed by atoms with van der Waals surface area (Å²) in [7, 11) is 0. The van der Waals surface area contributed by atoms with Crippen LogP contribution < -0.4 is 0 Å². The Kier molecular flexibility index (Phi) is 5.07. The molecule has 0 radical (unpaired) electrons. The maximum Gasteiger partial charge on any atom is 0.227 e. The van der Waals surface area contributed by atoms with Crippen LogP contribution in [0.3, 0.4) is 0 Å². The number of hydrogen-bond donors (Lipinski definition) is 1. The number of piperidine rings is 1. The highest BCUT2D eigenvalue weighted by atomic mass is 32.1. The number of carbonyl (C=O) groups is 1. The molecule has 0 spiro atoms. The van der Waals surface area contributed by atoms with Gasteiger partial charge in [0, 0.05) is 19.6 Å². The fourth-order valence-corrected chi connectivity index (χ4v) is 3.57. The minimum absolute atomic E-state index is 0.221. The molecule has 1 unspecified atom stereocenters. The average Bonchev–Trinajstić information content (AvgIpc) is 3.19. The topological polar surface area (TPSA) is 71.2 Å². The van der Waals surface area contributed by atoms with Crippen LogP contribution in [-0.2, 0) is 17.8 Å². The number of nitrogens with zero attached hydrogens (tertiary/aromatic N) is 4. The van der Waals surface area contributed by atoms with Crippen LogP contribution in [-0.4, -0.2) is 44.0 Å². The van der Waals surface area contributed by atoms with E-state index in [1.807, 2.05) is 21.7 Å². The van der Waals surface area contributed by atoms with Gasteiger partial charge >= 0.3 is 0 Å². The first-order valence-corrected chi connectivity index (χ1v) is 8.93. The van der Waals surface area contributed by atoms with Crippen molar-refractivity contribution in [3.63, 3.8) is 0 Å². The van der Waals surface area contributed by atoms with Crippen molar-refractivity contribution >= 4 is 17.2 Å². The van der Waals surface area contributed by atoms with Crippen molar-refractivity contribution in [2.24, 2.45) is 5.92 Å². The average molecular weight is 334 g/mol. The summed E-state index contributed by atoms with van der Waals surface area (Å²) in [6.45, 7) is 4.11. The number of likely N-dealkylation sites (tertiary alicyclic amines) is 1. The van der Waals surface area contributed by atoms with E-state index >= 15 is 0 Å². The molecule has 2 aromatic heterocycles. The molecule has 0 bridgehead atoms. The first-order valence-electron chi connectivity index (χ1n) is 7.99.